The summed E-state index contributed by atoms with van der Waals surface area (Å²) in [7, 11) is 0. The van der Waals surface area contributed by atoms with Crippen LogP contribution in [0.2, 0.25) is 0 Å². The molecule has 0 saturated heterocycles. The highest BCUT2D eigenvalue weighted by Gasteiger charge is 2.08. The SMILES string of the molecule is Nc1ccc(Sc2nc3ccccc3s2)c(F)c1. The lowest BCUT2D eigenvalue weighted by molar-refractivity contribution is 0.603. The molecule has 90 valence electrons. The summed E-state index contributed by atoms with van der Waals surface area (Å²) in [5.41, 5.74) is 6.90. The lowest BCUT2D eigenvalue weighted by Gasteiger charge is -2.00. The number of rotatable bonds is 2. The number of nitrogens with zero attached hydrogens (tertiary/aromatic N) is 1. The molecule has 0 aliphatic carbocycles. The van der Waals surface area contributed by atoms with Crippen molar-refractivity contribution in [1.82, 2.24) is 4.98 Å². The first kappa shape index (κ1) is 11.5. The third kappa shape index (κ3) is 2.19. The summed E-state index contributed by atoms with van der Waals surface area (Å²) in [4.78, 5) is 5.00. The molecule has 2 nitrogen and oxygen atoms in total. The molecule has 1 heterocycles. The summed E-state index contributed by atoms with van der Waals surface area (Å²) in [5, 5.41) is 0. The molecule has 0 aliphatic rings. The Labute approximate surface area is 112 Å². The van der Waals surface area contributed by atoms with Crippen LogP contribution in [0.25, 0.3) is 10.2 Å². The van der Waals surface area contributed by atoms with Crippen LogP contribution in [0.1, 0.15) is 0 Å². The number of nitrogens with two attached hydrogens (primary N) is 1. The van der Waals surface area contributed by atoms with E-state index in [1.165, 1.54) is 17.8 Å². The maximum absolute atomic E-state index is 13.7. The fraction of sp³-hybridized carbons (Fsp3) is 0. The summed E-state index contributed by atoms with van der Waals surface area (Å²) >= 11 is 2.88. The Kier molecular flexibility index (Phi) is 2.93. The van der Waals surface area contributed by atoms with Crippen molar-refractivity contribution in [3.63, 3.8) is 0 Å². The van der Waals surface area contributed by atoms with Crippen molar-refractivity contribution < 1.29 is 4.39 Å². The zero-order valence-corrected chi connectivity index (χ0v) is 10.9. The number of hydrogen-bond acceptors (Lipinski definition) is 4. The topological polar surface area (TPSA) is 38.9 Å². The van der Waals surface area contributed by atoms with Gasteiger partial charge in [0.1, 0.15) is 5.82 Å². The summed E-state index contributed by atoms with van der Waals surface area (Å²) in [6.07, 6.45) is 0. The number of fused-ring (bicyclic) bond motifs is 1. The molecular weight excluding hydrogens is 267 g/mol. The largest absolute Gasteiger partial charge is 0.399 e. The highest BCUT2D eigenvalue weighted by molar-refractivity contribution is 8.01. The van der Waals surface area contributed by atoms with Gasteiger partial charge in [-0.2, -0.15) is 0 Å². The minimum atomic E-state index is -0.306. The molecule has 0 saturated carbocycles. The van der Waals surface area contributed by atoms with E-state index in [0.717, 1.165) is 14.6 Å². The number of benzene rings is 2. The van der Waals surface area contributed by atoms with E-state index in [2.05, 4.69) is 4.98 Å². The maximum atomic E-state index is 13.7. The van der Waals surface area contributed by atoms with E-state index in [1.807, 2.05) is 24.3 Å². The van der Waals surface area contributed by atoms with Gasteiger partial charge in [0, 0.05) is 5.69 Å². The molecule has 0 radical (unpaired) electrons. The lowest BCUT2D eigenvalue weighted by atomic mass is 10.3. The van der Waals surface area contributed by atoms with Gasteiger partial charge in [0.2, 0.25) is 0 Å². The van der Waals surface area contributed by atoms with Crippen molar-refractivity contribution in [3.8, 4) is 0 Å². The zero-order valence-electron chi connectivity index (χ0n) is 9.26. The second kappa shape index (κ2) is 4.59. The van der Waals surface area contributed by atoms with Crippen LogP contribution in [0.3, 0.4) is 0 Å². The summed E-state index contributed by atoms with van der Waals surface area (Å²) in [6.45, 7) is 0. The third-order valence-corrected chi connectivity index (χ3v) is 4.58. The first-order valence-electron chi connectivity index (χ1n) is 5.31. The first-order valence-corrected chi connectivity index (χ1v) is 6.94. The van der Waals surface area contributed by atoms with Gasteiger partial charge in [-0.25, -0.2) is 9.37 Å². The van der Waals surface area contributed by atoms with Crippen LogP contribution in [0.5, 0.6) is 0 Å². The third-order valence-electron chi connectivity index (χ3n) is 2.43. The summed E-state index contributed by atoms with van der Waals surface area (Å²) in [6, 6.07) is 12.6. The van der Waals surface area contributed by atoms with E-state index >= 15 is 0 Å². The number of halogens is 1. The van der Waals surface area contributed by atoms with Crippen LogP contribution in [-0.4, -0.2) is 4.98 Å². The van der Waals surface area contributed by atoms with Crippen molar-refractivity contribution in [2.75, 3.05) is 5.73 Å². The van der Waals surface area contributed by atoms with Crippen molar-refractivity contribution in [3.05, 3.63) is 48.3 Å². The number of hydrogen-bond donors (Lipinski definition) is 1. The Morgan fingerprint density at radius 2 is 2.00 bits per heavy atom. The smallest absolute Gasteiger partial charge is 0.156 e. The zero-order chi connectivity index (χ0) is 12.5. The molecule has 0 spiro atoms. The monoisotopic (exact) mass is 276 g/mol. The Balaban J connectivity index is 1.96. The molecule has 0 fully saturated rings. The van der Waals surface area contributed by atoms with Crippen molar-refractivity contribution in [2.24, 2.45) is 0 Å². The molecule has 0 bridgehead atoms. The number of anilines is 1. The Morgan fingerprint density at radius 3 is 2.78 bits per heavy atom. The van der Waals surface area contributed by atoms with Gasteiger partial charge in [-0.1, -0.05) is 23.9 Å². The summed E-state index contributed by atoms with van der Waals surface area (Å²) < 4.78 is 15.6. The molecule has 1 aromatic heterocycles. The van der Waals surface area contributed by atoms with Gasteiger partial charge in [0.15, 0.2) is 4.34 Å². The minimum Gasteiger partial charge on any atom is -0.399 e. The Hall–Kier alpha value is -1.59. The van der Waals surface area contributed by atoms with Gasteiger partial charge in [-0.15, -0.1) is 11.3 Å². The van der Waals surface area contributed by atoms with Gasteiger partial charge in [0.25, 0.3) is 0 Å². The van der Waals surface area contributed by atoms with Crippen LogP contribution in [0.15, 0.2) is 51.7 Å². The second-order valence-corrected chi connectivity index (χ2v) is 6.06. The van der Waals surface area contributed by atoms with E-state index in [-0.39, 0.29) is 5.82 Å². The molecule has 3 rings (SSSR count). The molecule has 5 heteroatoms. The van der Waals surface area contributed by atoms with E-state index in [4.69, 9.17) is 5.73 Å². The molecule has 3 aromatic rings. The van der Waals surface area contributed by atoms with Gasteiger partial charge in [-0.05, 0) is 30.3 Å². The molecular formula is C13H9FN2S2. The van der Waals surface area contributed by atoms with E-state index in [1.54, 1.807) is 23.5 Å². The standard InChI is InChI=1S/C13H9FN2S2/c14-9-7-8(15)5-6-11(9)17-13-16-10-3-1-2-4-12(10)18-13/h1-7H,15H2. The second-order valence-electron chi connectivity index (χ2n) is 3.74. The fourth-order valence-electron chi connectivity index (χ4n) is 1.59. The van der Waals surface area contributed by atoms with E-state index in [9.17, 15) is 4.39 Å². The van der Waals surface area contributed by atoms with E-state index in [0.29, 0.717) is 10.6 Å². The number of aromatic nitrogens is 1. The lowest BCUT2D eigenvalue weighted by Crippen LogP contribution is -1.87. The number of thiazole rings is 1. The molecule has 0 unspecified atom stereocenters. The van der Waals surface area contributed by atoms with Crippen LogP contribution >= 0.6 is 23.1 Å². The highest BCUT2D eigenvalue weighted by atomic mass is 32.2. The van der Waals surface area contributed by atoms with Gasteiger partial charge >= 0.3 is 0 Å². The average Bonchev–Trinajstić information content (AvgIpc) is 2.75. The van der Waals surface area contributed by atoms with Crippen molar-refractivity contribution >= 4 is 39.0 Å². The normalized spacial score (nSPS) is 10.9. The first-order chi connectivity index (χ1) is 8.72. The van der Waals surface area contributed by atoms with Crippen molar-refractivity contribution in [2.45, 2.75) is 9.24 Å². The van der Waals surface area contributed by atoms with Crippen LogP contribution in [0, 0.1) is 5.82 Å². The van der Waals surface area contributed by atoms with Crippen LogP contribution in [0.4, 0.5) is 10.1 Å². The van der Waals surface area contributed by atoms with Gasteiger partial charge in [0.05, 0.1) is 15.1 Å². The number of nitrogen functional groups attached to an aromatic ring is 1. The van der Waals surface area contributed by atoms with Gasteiger partial charge < -0.3 is 5.73 Å². The number of para-hydroxylation sites is 1. The predicted octanol–water partition coefficient (Wildman–Crippen LogP) is 4.17. The summed E-state index contributed by atoms with van der Waals surface area (Å²) in [5.74, 6) is -0.306. The fourth-order valence-corrected chi connectivity index (χ4v) is 3.62. The molecule has 0 amide bonds. The van der Waals surface area contributed by atoms with Gasteiger partial charge in [-0.3, -0.25) is 0 Å². The molecule has 18 heavy (non-hydrogen) atoms. The minimum absolute atomic E-state index is 0.306. The average molecular weight is 276 g/mol. The molecule has 2 aromatic carbocycles. The van der Waals surface area contributed by atoms with Crippen LogP contribution in [-0.2, 0) is 0 Å². The van der Waals surface area contributed by atoms with Crippen molar-refractivity contribution in [1.29, 1.82) is 0 Å². The molecule has 2 N–H and O–H groups in total. The molecule has 0 atom stereocenters. The predicted molar refractivity (Wildman–Crippen MR) is 74.6 cm³/mol. The van der Waals surface area contributed by atoms with Crippen LogP contribution < -0.4 is 5.73 Å². The van der Waals surface area contributed by atoms with E-state index < -0.39 is 0 Å². The quantitative estimate of drug-likeness (QED) is 0.714. The highest BCUT2D eigenvalue weighted by Crippen LogP contribution is 2.35. The maximum Gasteiger partial charge on any atom is 0.156 e. The Bertz CT molecular complexity index is 676. The molecule has 0 aliphatic heterocycles. The Morgan fingerprint density at radius 1 is 1.17 bits per heavy atom.